The number of nitrogens with zero attached hydrogens (tertiary/aromatic N) is 2. The highest BCUT2D eigenvalue weighted by Gasteiger charge is 2.08. The van der Waals surface area contributed by atoms with Gasteiger partial charge in [0.2, 0.25) is 0 Å². The van der Waals surface area contributed by atoms with Crippen LogP contribution in [0, 0.1) is 12.7 Å². The highest BCUT2D eigenvalue weighted by Crippen LogP contribution is 2.22. The Labute approximate surface area is 125 Å². The van der Waals surface area contributed by atoms with Crippen molar-refractivity contribution in [2.75, 3.05) is 11.9 Å². The van der Waals surface area contributed by atoms with Gasteiger partial charge in [-0.25, -0.2) is 14.4 Å². The first kappa shape index (κ1) is 15.4. The van der Waals surface area contributed by atoms with E-state index >= 15 is 0 Å². The summed E-state index contributed by atoms with van der Waals surface area (Å²) in [5.41, 5.74) is 2.46. The number of benzene rings is 1. The van der Waals surface area contributed by atoms with E-state index in [0.29, 0.717) is 0 Å². The molecule has 0 unspecified atom stereocenters. The van der Waals surface area contributed by atoms with E-state index in [2.05, 4.69) is 29.1 Å². The molecule has 0 aliphatic heterocycles. The van der Waals surface area contributed by atoms with Crippen LogP contribution in [0.2, 0.25) is 0 Å². The lowest BCUT2D eigenvalue weighted by atomic mass is 10.1. The summed E-state index contributed by atoms with van der Waals surface area (Å²) in [6, 6.07) is 6.89. The zero-order valence-corrected chi connectivity index (χ0v) is 12.9. The van der Waals surface area contributed by atoms with E-state index < -0.39 is 0 Å². The van der Waals surface area contributed by atoms with Gasteiger partial charge in [-0.2, -0.15) is 0 Å². The van der Waals surface area contributed by atoms with Crippen molar-refractivity contribution < 1.29 is 4.39 Å². The van der Waals surface area contributed by atoms with E-state index in [1.165, 1.54) is 12.1 Å². The molecule has 21 heavy (non-hydrogen) atoms. The Morgan fingerprint density at radius 2 is 1.86 bits per heavy atom. The van der Waals surface area contributed by atoms with Gasteiger partial charge in [0.15, 0.2) is 0 Å². The predicted octanol–water partition coefficient (Wildman–Crippen LogP) is 4.37. The number of nitrogens with one attached hydrogen (secondary N) is 1. The van der Waals surface area contributed by atoms with Crippen LogP contribution in [-0.4, -0.2) is 16.5 Å². The van der Waals surface area contributed by atoms with E-state index in [1.54, 1.807) is 0 Å². The summed E-state index contributed by atoms with van der Waals surface area (Å²) in [5, 5.41) is 3.29. The molecule has 1 aromatic heterocycles. The van der Waals surface area contributed by atoms with Gasteiger partial charge in [0.1, 0.15) is 17.5 Å². The molecule has 0 fully saturated rings. The fourth-order valence-corrected chi connectivity index (χ4v) is 2.21. The summed E-state index contributed by atoms with van der Waals surface area (Å²) in [6.07, 6.45) is 2.84. The molecule has 0 saturated heterocycles. The van der Waals surface area contributed by atoms with Crippen LogP contribution in [0.3, 0.4) is 0 Å². The molecule has 0 aliphatic rings. The molecule has 1 aromatic carbocycles. The molecule has 1 N–H and O–H groups in total. The Hall–Kier alpha value is -1.97. The second kappa shape index (κ2) is 7.16. The lowest BCUT2D eigenvalue weighted by Crippen LogP contribution is -2.06. The molecule has 112 valence electrons. The number of rotatable bonds is 6. The van der Waals surface area contributed by atoms with Gasteiger partial charge >= 0.3 is 0 Å². The van der Waals surface area contributed by atoms with Gasteiger partial charge in [-0.15, -0.1) is 0 Å². The lowest BCUT2D eigenvalue weighted by Gasteiger charge is -2.10. The number of hydrogen-bond donors (Lipinski definition) is 1. The van der Waals surface area contributed by atoms with Crippen molar-refractivity contribution in [3.8, 4) is 11.3 Å². The van der Waals surface area contributed by atoms with Crippen molar-refractivity contribution in [3.63, 3.8) is 0 Å². The zero-order valence-electron chi connectivity index (χ0n) is 12.9. The molecule has 0 aliphatic carbocycles. The third-order valence-corrected chi connectivity index (χ3v) is 3.14. The highest BCUT2D eigenvalue weighted by molar-refractivity contribution is 5.63. The first-order valence-corrected chi connectivity index (χ1v) is 7.51. The number of hydrogen-bond acceptors (Lipinski definition) is 3. The molecule has 3 nitrogen and oxygen atoms in total. The van der Waals surface area contributed by atoms with E-state index in [9.17, 15) is 4.39 Å². The van der Waals surface area contributed by atoms with Crippen LogP contribution >= 0.6 is 0 Å². The largest absolute Gasteiger partial charge is 0.370 e. The van der Waals surface area contributed by atoms with E-state index in [0.717, 1.165) is 54.3 Å². The average molecular weight is 287 g/mol. The molecule has 2 aromatic rings. The van der Waals surface area contributed by atoms with Gasteiger partial charge in [0.25, 0.3) is 0 Å². The normalized spacial score (nSPS) is 10.7. The molecule has 0 radical (unpaired) electrons. The molecule has 0 saturated carbocycles. The second-order valence-corrected chi connectivity index (χ2v) is 5.25. The SMILES string of the molecule is CCCNc1cc(-c2cc(C)cc(F)c2)nc(CCC)n1. The summed E-state index contributed by atoms with van der Waals surface area (Å²) in [5.74, 6) is 1.38. The Balaban J connectivity index is 2.42. The summed E-state index contributed by atoms with van der Waals surface area (Å²) >= 11 is 0. The Kier molecular flexibility index (Phi) is 5.26. The second-order valence-electron chi connectivity index (χ2n) is 5.25. The first-order chi connectivity index (χ1) is 10.1. The molecule has 4 heteroatoms. The van der Waals surface area contributed by atoms with Gasteiger partial charge < -0.3 is 5.32 Å². The molecule has 0 bridgehead atoms. The van der Waals surface area contributed by atoms with E-state index in [4.69, 9.17) is 0 Å². The maximum atomic E-state index is 13.6. The molecular weight excluding hydrogens is 265 g/mol. The summed E-state index contributed by atoms with van der Waals surface area (Å²) < 4.78 is 13.6. The number of aryl methyl sites for hydroxylation is 2. The maximum absolute atomic E-state index is 13.6. The Morgan fingerprint density at radius 1 is 1.05 bits per heavy atom. The van der Waals surface area contributed by atoms with Crippen LogP contribution in [0.4, 0.5) is 10.2 Å². The van der Waals surface area contributed by atoms with Crippen LogP contribution in [-0.2, 0) is 6.42 Å². The molecular formula is C17H22FN3. The number of anilines is 1. The van der Waals surface area contributed by atoms with Crippen LogP contribution in [0.15, 0.2) is 24.3 Å². The van der Waals surface area contributed by atoms with Crippen molar-refractivity contribution in [1.82, 2.24) is 9.97 Å². The van der Waals surface area contributed by atoms with E-state index in [1.807, 2.05) is 19.1 Å². The van der Waals surface area contributed by atoms with Crippen LogP contribution in [0.5, 0.6) is 0 Å². The lowest BCUT2D eigenvalue weighted by molar-refractivity contribution is 0.627. The van der Waals surface area contributed by atoms with Crippen LogP contribution in [0.1, 0.15) is 38.1 Å². The maximum Gasteiger partial charge on any atom is 0.131 e. The highest BCUT2D eigenvalue weighted by atomic mass is 19.1. The minimum atomic E-state index is -0.233. The third kappa shape index (κ3) is 4.25. The summed E-state index contributed by atoms with van der Waals surface area (Å²) in [6.45, 7) is 6.96. The predicted molar refractivity (Wildman–Crippen MR) is 84.9 cm³/mol. The molecule has 0 spiro atoms. The standard InChI is InChI=1S/C17H22FN3/c1-4-6-16-20-15(11-17(21-16)19-7-5-2)13-8-12(3)9-14(18)10-13/h8-11H,4-7H2,1-3H3,(H,19,20,21). The monoisotopic (exact) mass is 287 g/mol. The number of halogens is 1. The summed E-state index contributed by atoms with van der Waals surface area (Å²) in [4.78, 5) is 9.08. The van der Waals surface area contributed by atoms with Crippen molar-refractivity contribution in [1.29, 1.82) is 0 Å². The van der Waals surface area contributed by atoms with Crippen molar-refractivity contribution >= 4 is 5.82 Å². The fraction of sp³-hybridized carbons (Fsp3) is 0.412. The van der Waals surface area contributed by atoms with Gasteiger partial charge in [-0.1, -0.05) is 13.8 Å². The van der Waals surface area contributed by atoms with Gasteiger partial charge in [0.05, 0.1) is 5.69 Å². The van der Waals surface area contributed by atoms with Crippen molar-refractivity contribution in [2.24, 2.45) is 0 Å². The topological polar surface area (TPSA) is 37.8 Å². The molecule has 1 heterocycles. The smallest absolute Gasteiger partial charge is 0.131 e. The quantitative estimate of drug-likeness (QED) is 0.857. The minimum absolute atomic E-state index is 0.233. The minimum Gasteiger partial charge on any atom is -0.370 e. The molecule has 0 amide bonds. The van der Waals surface area contributed by atoms with Crippen molar-refractivity contribution in [3.05, 3.63) is 41.5 Å². The Bertz CT molecular complexity index is 591. The van der Waals surface area contributed by atoms with E-state index in [-0.39, 0.29) is 5.82 Å². The van der Waals surface area contributed by atoms with Crippen LogP contribution < -0.4 is 5.32 Å². The molecule has 0 atom stereocenters. The van der Waals surface area contributed by atoms with Gasteiger partial charge in [-0.05, 0) is 43.5 Å². The first-order valence-electron chi connectivity index (χ1n) is 7.51. The third-order valence-electron chi connectivity index (χ3n) is 3.14. The zero-order chi connectivity index (χ0) is 15.2. The van der Waals surface area contributed by atoms with Gasteiger partial charge in [-0.3, -0.25) is 0 Å². The summed E-state index contributed by atoms with van der Waals surface area (Å²) in [7, 11) is 0. The van der Waals surface area contributed by atoms with Gasteiger partial charge in [0, 0.05) is 24.6 Å². The van der Waals surface area contributed by atoms with Crippen molar-refractivity contribution in [2.45, 2.75) is 40.0 Å². The number of aromatic nitrogens is 2. The average Bonchev–Trinajstić information content (AvgIpc) is 2.44. The molecule has 2 rings (SSSR count). The Morgan fingerprint density at radius 3 is 2.52 bits per heavy atom. The van der Waals surface area contributed by atoms with Crippen LogP contribution in [0.25, 0.3) is 11.3 Å². The fourth-order valence-electron chi connectivity index (χ4n) is 2.21.